The second-order valence-corrected chi connectivity index (χ2v) is 6.82. The predicted molar refractivity (Wildman–Crippen MR) is 104 cm³/mol. The van der Waals surface area contributed by atoms with Crippen LogP contribution >= 0.6 is 12.4 Å². The van der Waals surface area contributed by atoms with Gasteiger partial charge in [0.1, 0.15) is 0 Å². The molecule has 4 nitrogen and oxygen atoms in total. The van der Waals surface area contributed by atoms with Gasteiger partial charge in [-0.1, -0.05) is 42.5 Å². The lowest BCUT2D eigenvalue weighted by atomic mass is 9.79. The Morgan fingerprint density at radius 1 is 1.16 bits per heavy atom. The molecule has 0 radical (unpaired) electrons. The van der Waals surface area contributed by atoms with E-state index in [2.05, 4.69) is 34.9 Å². The van der Waals surface area contributed by atoms with E-state index in [0.717, 1.165) is 31.5 Å². The average Bonchev–Trinajstić information content (AvgIpc) is 2.61. The summed E-state index contributed by atoms with van der Waals surface area (Å²) in [6.07, 6.45) is 2.50. The van der Waals surface area contributed by atoms with E-state index in [1.165, 1.54) is 10.8 Å². The van der Waals surface area contributed by atoms with Crippen LogP contribution in [0.2, 0.25) is 0 Å². The van der Waals surface area contributed by atoms with E-state index in [4.69, 9.17) is 4.74 Å². The zero-order valence-corrected chi connectivity index (χ0v) is 15.5. The third-order valence-corrected chi connectivity index (χ3v) is 4.95. The van der Waals surface area contributed by atoms with Gasteiger partial charge in [-0.2, -0.15) is 0 Å². The largest absolute Gasteiger partial charge is 0.384 e. The molecule has 0 spiro atoms. The van der Waals surface area contributed by atoms with Crippen LogP contribution in [0.5, 0.6) is 0 Å². The van der Waals surface area contributed by atoms with Gasteiger partial charge in [0, 0.05) is 19.1 Å². The van der Waals surface area contributed by atoms with Crippen molar-refractivity contribution in [3.05, 3.63) is 48.0 Å². The van der Waals surface area contributed by atoms with Crippen molar-refractivity contribution in [1.29, 1.82) is 0 Å². The van der Waals surface area contributed by atoms with Crippen molar-refractivity contribution in [3.8, 4) is 0 Å². The highest BCUT2D eigenvalue weighted by molar-refractivity contribution is 5.86. The zero-order valence-electron chi connectivity index (χ0n) is 14.7. The predicted octanol–water partition coefficient (Wildman–Crippen LogP) is 2.94. The maximum Gasteiger partial charge on any atom is 0.224 e. The first-order valence-corrected chi connectivity index (χ1v) is 8.65. The van der Waals surface area contributed by atoms with Gasteiger partial charge in [-0.25, -0.2) is 0 Å². The zero-order chi connectivity index (χ0) is 16.8. The molecule has 0 atom stereocenters. The standard InChI is InChI=1S/C20H26N2O2.ClH/c1-24-15-20(8-10-21-11-9-20)14-22-19(23)13-16-6-7-17-4-2-3-5-18(17)12-16;/h2-7,12,21H,8-11,13-15H2,1H3,(H,22,23);1H. The Balaban J connectivity index is 0.00000225. The topological polar surface area (TPSA) is 50.4 Å². The summed E-state index contributed by atoms with van der Waals surface area (Å²) in [5, 5.41) is 8.88. The second kappa shape index (κ2) is 9.18. The average molecular weight is 363 g/mol. The van der Waals surface area contributed by atoms with Crippen molar-refractivity contribution in [2.24, 2.45) is 5.41 Å². The molecule has 0 bridgehead atoms. The van der Waals surface area contributed by atoms with Gasteiger partial charge in [0.25, 0.3) is 0 Å². The van der Waals surface area contributed by atoms with E-state index in [0.29, 0.717) is 19.6 Å². The number of rotatable bonds is 6. The Hall–Kier alpha value is -1.62. The van der Waals surface area contributed by atoms with Crippen LogP contribution in [-0.4, -0.2) is 39.3 Å². The summed E-state index contributed by atoms with van der Waals surface area (Å²) >= 11 is 0. The molecule has 1 aliphatic heterocycles. The van der Waals surface area contributed by atoms with Gasteiger partial charge in [0.05, 0.1) is 13.0 Å². The summed E-state index contributed by atoms with van der Waals surface area (Å²) in [5.74, 6) is 0.0827. The molecule has 0 aromatic heterocycles. The van der Waals surface area contributed by atoms with Crippen molar-refractivity contribution in [2.75, 3.05) is 33.4 Å². The van der Waals surface area contributed by atoms with Gasteiger partial charge < -0.3 is 15.4 Å². The van der Waals surface area contributed by atoms with Crippen LogP contribution in [0.15, 0.2) is 42.5 Å². The Kier molecular flexibility index (Phi) is 7.24. The van der Waals surface area contributed by atoms with Crippen LogP contribution < -0.4 is 10.6 Å². The number of hydrogen-bond donors (Lipinski definition) is 2. The van der Waals surface area contributed by atoms with Crippen LogP contribution in [0.25, 0.3) is 10.8 Å². The number of hydrogen-bond acceptors (Lipinski definition) is 3. The number of fused-ring (bicyclic) bond motifs is 1. The molecule has 2 N–H and O–H groups in total. The molecule has 5 heteroatoms. The normalized spacial score (nSPS) is 16.2. The number of methoxy groups -OCH3 is 1. The van der Waals surface area contributed by atoms with Gasteiger partial charge in [-0.15, -0.1) is 12.4 Å². The number of nitrogens with one attached hydrogen (secondary N) is 2. The third kappa shape index (κ3) is 5.18. The lowest BCUT2D eigenvalue weighted by molar-refractivity contribution is -0.121. The molecule has 3 rings (SSSR count). The van der Waals surface area contributed by atoms with Crippen molar-refractivity contribution < 1.29 is 9.53 Å². The van der Waals surface area contributed by atoms with E-state index in [1.54, 1.807) is 7.11 Å². The summed E-state index contributed by atoms with van der Waals surface area (Å²) in [5.41, 5.74) is 1.12. The maximum atomic E-state index is 12.4. The molecule has 1 aliphatic rings. The van der Waals surface area contributed by atoms with Crippen LogP contribution in [-0.2, 0) is 16.0 Å². The van der Waals surface area contributed by atoms with E-state index < -0.39 is 0 Å². The maximum absolute atomic E-state index is 12.4. The molecule has 1 saturated heterocycles. The highest BCUT2D eigenvalue weighted by atomic mass is 35.5. The highest BCUT2D eigenvalue weighted by Gasteiger charge is 2.32. The van der Waals surface area contributed by atoms with E-state index in [-0.39, 0.29) is 23.7 Å². The fourth-order valence-corrected chi connectivity index (χ4v) is 3.52. The first-order chi connectivity index (χ1) is 11.7. The van der Waals surface area contributed by atoms with Gasteiger partial charge >= 0.3 is 0 Å². The Labute approximate surface area is 155 Å². The lowest BCUT2D eigenvalue weighted by Crippen LogP contribution is -2.47. The van der Waals surface area contributed by atoms with Crippen LogP contribution in [0.3, 0.4) is 0 Å². The van der Waals surface area contributed by atoms with Crippen molar-refractivity contribution in [1.82, 2.24) is 10.6 Å². The number of ether oxygens (including phenoxy) is 1. The molecule has 0 aliphatic carbocycles. The molecule has 0 saturated carbocycles. The molecule has 1 heterocycles. The molecule has 1 fully saturated rings. The minimum atomic E-state index is 0. The van der Waals surface area contributed by atoms with Gasteiger partial charge in [-0.3, -0.25) is 4.79 Å². The monoisotopic (exact) mass is 362 g/mol. The molecular formula is C20H27ClN2O2. The fourth-order valence-electron chi connectivity index (χ4n) is 3.52. The van der Waals surface area contributed by atoms with Crippen LogP contribution in [0, 0.1) is 5.41 Å². The number of halogens is 1. The SMILES string of the molecule is COCC1(CNC(=O)Cc2ccc3ccccc3c2)CCNCC1.Cl. The number of carbonyl (C=O) groups excluding carboxylic acids is 1. The Morgan fingerprint density at radius 3 is 2.60 bits per heavy atom. The molecule has 2 aromatic carbocycles. The first kappa shape index (κ1) is 19.7. The summed E-state index contributed by atoms with van der Waals surface area (Å²) in [6.45, 7) is 3.37. The number of amides is 1. The van der Waals surface area contributed by atoms with Crippen molar-refractivity contribution >= 4 is 29.1 Å². The van der Waals surface area contributed by atoms with Crippen molar-refractivity contribution in [2.45, 2.75) is 19.3 Å². The van der Waals surface area contributed by atoms with E-state index >= 15 is 0 Å². The van der Waals surface area contributed by atoms with E-state index in [9.17, 15) is 4.79 Å². The Morgan fingerprint density at radius 2 is 1.88 bits per heavy atom. The molecular weight excluding hydrogens is 336 g/mol. The number of benzene rings is 2. The van der Waals surface area contributed by atoms with Gasteiger partial charge in [0.2, 0.25) is 5.91 Å². The summed E-state index contributed by atoms with van der Waals surface area (Å²) in [7, 11) is 1.74. The Bertz CT molecular complexity index is 693. The highest BCUT2D eigenvalue weighted by Crippen LogP contribution is 2.28. The van der Waals surface area contributed by atoms with Crippen LogP contribution in [0.4, 0.5) is 0 Å². The van der Waals surface area contributed by atoms with Crippen LogP contribution in [0.1, 0.15) is 18.4 Å². The minimum absolute atomic E-state index is 0. The molecule has 0 unspecified atom stereocenters. The van der Waals surface area contributed by atoms with Crippen molar-refractivity contribution in [3.63, 3.8) is 0 Å². The fraction of sp³-hybridized carbons (Fsp3) is 0.450. The molecule has 136 valence electrons. The van der Waals surface area contributed by atoms with E-state index in [1.807, 2.05) is 18.2 Å². The summed E-state index contributed by atoms with van der Waals surface area (Å²) < 4.78 is 5.40. The summed E-state index contributed by atoms with van der Waals surface area (Å²) in [4.78, 5) is 12.4. The van der Waals surface area contributed by atoms with Gasteiger partial charge in [-0.05, 0) is 42.3 Å². The third-order valence-electron chi connectivity index (χ3n) is 4.95. The first-order valence-electron chi connectivity index (χ1n) is 8.65. The summed E-state index contributed by atoms with van der Waals surface area (Å²) in [6, 6.07) is 14.4. The smallest absolute Gasteiger partial charge is 0.224 e. The minimum Gasteiger partial charge on any atom is -0.384 e. The molecule has 1 amide bonds. The lowest BCUT2D eigenvalue weighted by Gasteiger charge is -2.37. The number of piperidine rings is 1. The number of carbonyl (C=O) groups is 1. The quantitative estimate of drug-likeness (QED) is 0.830. The van der Waals surface area contributed by atoms with Gasteiger partial charge in [0.15, 0.2) is 0 Å². The molecule has 2 aromatic rings. The second-order valence-electron chi connectivity index (χ2n) is 6.82. The molecule has 25 heavy (non-hydrogen) atoms.